The molecule has 0 bridgehead atoms. The van der Waals surface area contributed by atoms with Gasteiger partial charge in [0.05, 0.1) is 25.2 Å². The summed E-state index contributed by atoms with van der Waals surface area (Å²) in [6.45, 7) is 2.57. The summed E-state index contributed by atoms with van der Waals surface area (Å²) in [6, 6.07) is 5.65. The van der Waals surface area contributed by atoms with Crippen LogP contribution < -0.4 is 4.74 Å². The van der Waals surface area contributed by atoms with Crippen LogP contribution in [0.1, 0.15) is 25.7 Å². The molecule has 0 radical (unpaired) electrons. The fourth-order valence-corrected chi connectivity index (χ4v) is 3.33. The Morgan fingerprint density at radius 1 is 1.43 bits per heavy atom. The number of pyridine rings is 1. The summed E-state index contributed by atoms with van der Waals surface area (Å²) in [5, 5.41) is 0. The molecule has 1 spiro atoms. The topological polar surface area (TPSA) is 60.9 Å². The van der Waals surface area contributed by atoms with Crippen LogP contribution in [-0.4, -0.2) is 60.9 Å². The predicted molar refractivity (Wildman–Crippen MR) is 84.3 cm³/mol. The number of rotatable bonds is 5. The molecule has 126 valence electrons. The number of piperidine rings is 1. The highest BCUT2D eigenvalue weighted by Gasteiger charge is 2.44. The molecule has 0 N–H and O–H groups in total. The van der Waals surface area contributed by atoms with Crippen molar-refractivity contribution < 1.29 is 19.0 Å². The molecule has 2 aliphatic rings. The third-order valence-electron chi connectivity index (χ3n) is 4.65. The molecule has 3 rings (SSSR count). The fraction of sp³-hybridized carbons (Fsp3) is 0.647. The lowest BCUT2D eigenvalue weighted by Crippen LogP contribution is -2.46. The number of nitrogens with zero attached hydrogens (tertiary/aromatic N) is 2. The van der Waals surface area contributed by atoms with Crippen LogP contribution in [-0.2, 0) is 14.3 Å². The highest BCUT2D eigenvalue weighted by atomic mass is 16.6. The second-order valence-electron chi connectivity index (χ2n) is 6.23. The molecule has 3 heterocycles. The maximum Gasteiger partial charge on any atom is 0.224 e. The zero-order valence-electron chi connectivity index (χ0n) is 13.6. The lowest BCUT2D eigenvalue weighted by atomic mass is 9.88. The van der Waals surface area contributed by atoms with Crippen molar-refractivity contribution in [2.75, 3.05) is 33.4 Å². The molecule has 1 atom stereocenters. The highest BCUT2D eigenvalue weighted by Crippen LogP contribution is 2.37. The molecule has 2 fully saturated rings. The summed E-state index contributed by atoms with van der Waals surface area (Å²) >= 11 is 0. The van der Waals surface area contributed by atoms with Gasteiger partial charge in [0.25, 0.3) is 0 Å². The van der Waals surface area contributed by atoms with Gasteiger partial charge < -0.3 is 19.1 Å². The third kappa shape index (κ3) is 4.00. The van der Waals surface area contributed by atoms with Gasteiger partial charge in [-0.15, -0.1) is 0 Å². The second-order valence-corrected chi connectivity index (χ2v) is 6.23. The molecule has 2 aliphatic heterocycles. The van der Waals surface area contributed by atoms with E-state index in [2.05, 4.69) is 4.98 Å². The summed E-state index contributed by atoms with van der Waals surface area (Å²) < 4.78 is 16.9. The van der Waals surface area contributed by atoms with E-state index < -0.39 is 0 Å². The minimum atomic E-state index is -0.141. The SMILES string of the molecule is COCCC(=O)N1CCC2(CC1)CC(Oc1ccccn1)CO2. The molecule has 2 saturated heterocycles. The number of hydrogen-bond acceptors (Lipinski definition) is 5. The Hall–Kier alpha value is -1.66. The molecule has 1 aromatic heterocycles. The summed E-state index contributed by atoms with van der Waals surface area (Å²) in [7, 11) is 1.62. The van der Waals surface area contributed by atoms with E-state index in [1.54, 1.807) is 13.3 Å². The summed E-state index contributed by atoms with van der Waals surface area (Å²) in [6.07, 6.45) is 4.83. The normalized spacial score (nSPS) is 23.2. The van der Waals surface area contributed by atoms with Crippen LogP contribution in [0.5, 0.6) is 5.88 Å². The van der Waals surface area contributed by atoms with Gasteiger partial charge in [-0.2, -0.15) is 0 Å². The summed E-state index contributed by atoms with van der Waals surface area (Å²) in [4.78, 5) is 18.2. The monoisotopic (exact) mass is 320 g/mol. The third-order valence-corrected chi connectivity index (χ3v) is 4.65. The van der Waals surface area contributed by atoms with Gasteiger partial charge in [0, 0.05) is 38.9 Å². The van der Waals surface area contributed by atoms with E-state index in [1.807, 2.05) is 23.1 Å². The lowest BCUT2D eigenvalue weighted by Gasteiger charge is -2.38. The number of methoxy groups -OCH3 is 1. The molecule has 0 aromatic carbocycles. The lowest BCUT2D eigenvalue weighted by molar-refractivity contribution is -0.136. The van der Waals surface area contributed by atoms with Crippen LogP contribution in [0.25, 0.3) is 0 Å². The first-order valence-corrected chi connectivity index (χ1v) is 8.19. The fourth-order valence-electron chi connectivity index (χ4n) is 3.33. The van der Waals surface area contributed by atoms with Crippen molar-refractivity contribution in [1.82, 2.24) is 9.88 Å². The van der Waals surface area contributed by atoms with E-state index in [4.69, 9.17) is 14.2 Å². The minimum Gasteiger partial charge on any atom is -0.472 e. The molecule has 0 saturated carbocycles. The quantitative estimate of drug-likeness (QED) is 0.825. The first-order chi connectivity index (χ1) is 11.2. The number of likely N-dealkylation sites (tertiary alicyclic amines) is 1. The largest absolute Gasteiger partial charge is 0.472 e. The van der Waals surface area contributed by atoms with Gasteiger partial charge in [0.1, 0.15) is 6.10 Å². The molecular formula is C17H24N2O4. The van der Waals surface area contributed by atoms with E-state index in [0.717, 1.165) is 32.4 Å². The minimum absolute atomic E-state index is 0.0423. The van der Waals surface area contributed by atoms with E-state index in [0.29, 0.717) is 25.5 Å². The van der Waals surface area contributed by atoms with Gasteiger partial charge in [0.2, 0.25) is 11.8 Å². The Bertz CT molecular complexity index is 515. The van der Waals surface area contributed by atoms with Crippen molar-refractivity contribution in [2.45, 2.75) is 37.4 Å². The molecule has 6 nitrogen and oxygen atoms in total. The summed E-state index contributed by atoms with van der Waals surface area (Å²) in [5.41, 5.74) is -0.141. The van der Waals surface area contributed by atoms with Crippen molar-refractivity contribution >= 4 is 5.91 Å². The maximum absolute atomic E-state index is 12.0. The van der Waals surface area contributed by atoms with Gasteiger partial charge in [-0.05, 0) is 18.9 Å². The van der Waals surface area contributed by atoms with Crippen LogP contribution >= 0.6 is 0 Å². The number of amides is 1. The van der Waals surface area contributed by atoms with Crippen LogP contribution in [0.2, 0.25) is 0 Å². The Morgan fingerprint density at radius 2 is 2.26 bits per heavy atom. The average molecular weight is 320 g/mol. The molecule has 1 amide bonds. The average Bonchev–Trinajstić information content (AvgIpc) is 2.96. The molecule has 23 heavy (non-hydrogen) atoms. The van der Waals surface area contributed by atoms with Crippen molar-refractivity contribution in [1.29, 1.82) is 0 Å². The van der Waals surface area contributed by atoms with E-state index in [-0.39, 0.29) is 17.6 Å². The smallest absolute Gasteiger partial charge is 0.224 e. The Balaban J connectivity index is 1.48. The zero-order valence-corrected chi connectivity index (χ0v) is 13.6. The molecule has 6 heteroatoms. The Morgan fingerprint density at radius 3 is 2.96 bits per heavy atom. The first kappa shape index (κ1) is 16.2. The van der Waals surface area contributed by atoms with E-state index >= 15 is 0 Å². The second kappa shape index (κ2) is 7.27. The van der Waals surface area contributed by atoms with Crippen LogP contribution in [0.3, 0.4) is 0 Å². The predicted octanol–water partition coefficient (Wildman–Crippen LogP) is 1.65. The number of aromatic nitrogens is 1. The Labute approximate surface area is 136 Å². The number of ether oxygens (including phenoxy) is 3. The molecule has 1 unspecified atom stereocenters. The van der Waals surface area contributed by atoms with Gasteiger partial charge >= 0.3 is 0 Å². The molecular weight excluding hydrogens is 296 g/mol. The molecule has 1 aromatic rings. The van der Waals surface area contributed by atoms with Gasteiger partial charge in [-0.25, -0.2) is 4.98 Å². The van der Waals surface area contributed by atoms with Crippen molar-refractivity contribution in [2.24, 2.45) is 0 Å². The Kier molecular flexibility index (Phi) is 5.13. The standard InChI is InChI=1S/C17H24N2O4/c1-21-11-5-16(20)19-9-6-17(7-10-19)12-14(13-22-17)23-15-4-2-3-8-18-15/h2-4,8,14H,5-7,9-13H2,1H3. The molecule has 0 aliphatic carbocycles. The van der Waals surface area contributed by atoms with Crippen LogP contribution in [0, 0.1) is 0 Å². The first-order valence-electron chi connectivity index (χ1n) is 8.19. The number of carbonyl (C=O) groups is 1. The maximum atomic E-state index is 12.0. The van der Waals surface area contributed by atoms with E-state index in [1.165, 1.54) is 0 Å². The number of hydrogen-bond donors (Lipinski definition) is 0. The van der Waals surface area contributed by atoms with E-state index in [9.17, 15) is 4.79 Å². The highest BCUT2D eigenvalue weighted by molar-refractivity contribution is 5.76. The zero-order chi connectivity index (χ0) is 16.1. The van der Waals surface area contributed by atoms with Crippen LogP contribution in [0.4, 0.5) is 0 Å². The number of carbonyl (C=O) groups excluding carboxylic acids is 1. The van der Waals surface area contributed by atoms with Crippen molar-refractivity contribution in [3.63, 3.8) is 0 Å². The van der Waals surface area contributed by atoms with Crippen LogP contribution in [0.15, 0.2) is 24.4 Å². The summed E-state index contributed by atoms with van der Waals surface area (Å²) in [5.74, 6) is 0.811. The van der Waals surface area contributed by atoms with Gasteiger partial charge in [0.15, 0.2) is 0 Å². The van der Waals surface area contributed by atoms with Crippen molar-refractivity contribution in [3.8, 4) is 5.88 Å². The van der Waals surface area contributed by atoms with Crippen molar-refractivity contribution in [3.05, 3.63) is 24.4 Å². The van der Waals surface area contributed by atoms with Gasteiger partial charge in [-0.1, -0.05) is 6.07 Å². The van der Waals surface area contributed by atoms with Gasteiger partial charge in [-0.3, -0.25) is 4.79 Å².